The van der Waals surface area contributed by atoms with Crippen LogP contribution in [-0.4, -0.2) is 16.2 Å². The smallest absolute Gasteiger partial charge is 0.303 e. The largest absolute Gasteiger partial charge is 0.512 e. The average Bonchev–Trinajstić information content (AvgIpc) is 2.52. The van der Waals surface area contributed by atoms with Gasteiger partial charge in [0.05, 0.1) is 5.76 Å². The van der Waals surface area contributed by atoms with Crippen LogP contribution in [0, 0.1) is 0 Å². The van der Waals surface area contributed by atoms with Crippen LogP contribution in [0.2, 0.25) is 0 Å². The molecule has 23 heavy (non-hydrogen) atoms. The Morgan fingerprint density at radius 3 is 2.13 bits per heavy atom. The molecule has 3 nitrogen and oxygen atoms in total. The van der Waals surface area contributed by atoms with E-state index in [0.29, 0.717) is 18.6 Å². The molecule has 0 amide bonds. The van der Waals surface area contributed by atoms with Gasteiger partial charge >= 0.3 is 5.97 Å². The number of carboxylic acid groups (broad SMARTS) is 1. The maximum atomic E-state index is 10.3. The van der Waals surface area contributed by atoms with Crippen LogP contribution in [0.1, 0.15) is 58.3 Å². The normalized spacial score (nSPS) is 13.2. The number of aliphatic hydroxyl groups is 1. The first-order valence-electron chi connectivity index (χ1n) is 8.36. The van der Waals surface area contributed by atoms with Crippen molar-refractivity contribution < 1.29 is 15.0 Å². The van der Waals surface area contributed by atoms with E-state index >= 15 is 0 Å². The molecule has 2 N–H and O–H groups in total. The van der Waals surface area contributed by atoms with Gasteiger partial charge in [-0.1, -0.05) is 55.5 Å². The van der Waals surface area contributed by atoms with Crippen molar-refractivity contribution in [1.29, 1.82) is 0 Å². The lowest BCUT2D eigenvalue weighted by Crippen LogP contribution is -1.92. The van der Waals surface area contributed by atoms with Crippen LogP contribution in [0.25, 0.3) is 0 Å². The molecule has 0 saturated carbocycles. The van der Waals surface area contributed by atoms with Crippen molar-refractivity contribution in [1.82, 2.24) is 0 Å². The van der Waals surface area contributed by atoms with Gasteiger partial charge in [-0.15, -0.1) is 0 Å². The summed E-state index contributed by atoms with van der Waals surface area (Å²) in [7, 11) is 0. The number of hydrogen-bond donors (Lipinski definition) is 2. The molecule has 0 atom stereocenters. The third-order valence-electron chi connectivity index (χ3n) is 3.02. The van der Waals surface area contributed by atoms with Crippen molar-refractivity contribution in [3.8, 4) is 0 Å². The van der Waals surface area contributed by atoms with Gasteiger partial charge in [0, 0.05) is 12.8 Å². The molecule has 0 bridgehead atoms. The Morgan fingerprint density at radius 2 is 1.43 bits per heavy atom. The zero-order chi connectivity index (χ0) is 17.2. The van der Waals surface area contributed by atoms with Crippen molar-refractivity contribution in [2.75, 3.05) is 0 Å². The van der Waals surface area contributed by atoms with E-state index in [-0.39, 0.29) is 6.42 Å². The highest BCUT2D eigenvalue weighted by atomic mass is 16.4. The van der Waals surface area contributed by atoms with E-state index < -0.39 is 5.97 Å². The monoisotopic (exact) mass is 318 g/mol. The summed E-state index contributed by atoms with van der Waals surface area (Å²) in [5.74, 6) is -0.341. The zero-order valence-electron chi connectivity index (χ0n) is 14.2. The molecule has 0 aromatic heterocycles. The second kappa shape index (κ2) is 16.3. The zero-order valence-corrected chi connectivity index (χ0v) is 14.2. The van der Waals surface area contributed by atoms with Gasteiger partial charge < -0.3 is 10.2 Å². The number of rotatable bonds is 13. The Hall–Kier alpha value is -2.03. The lowest BCUT2D eigenvalue weighted by molar-refractivity contribution is -0.137. The molecule has 0 heterocycles. The van der Waals surface area contributed by atoms with Crippen molar-refractivity contribution in [2.24, 2.45) is 0 Å². The minimum absolute atomic E-state index is 0.230. The van der Waals surface area contributed by atoms with E-state index in [1.807, 2.05) is 36.5 Å². The van der Waals surface area contributed by atoms with Gasteiger partial charge in [-0.3, -0.25) is 4.79 Å². The van der Waals surface area contributed by atoms with Crippen molar-refractivity contribution in [3.05, 3.63) is 60.4 Å². The lowest BCUT2D eigenvalue weighted by atomic mass is 10.2. The molecule has 0 rings (SSSR count). The fraction of sp³-hybridized carbons (Fsp3) is 0.450. The summed E-state index contributed by atoms with van der Waals surface area (Å²) in [5.41, 5.74) is 0. The standard InChI is InChI=1S/C20H30O3/c1-2-3-4-5-10-13-16-19(21)17-14-11-8-6-7-9-12-15-18-20(22)23/h3-4,7-11,13,17,21H,2,5-6,12,14-16,18H2,1H3,(H,22,23)/b4-3-,9-7-,11-8-,13-10-,19-17-. The van der Waals surface area contributed by atoms with Crippen LogP contribution >= 0.6 is 0 Å². The average molecular weight is 318 g/mol. The number of carbonyl (C=O) groups is 1. The quantitative estimate of drug-likeness (QED) is 0.253. The second-order valence-electron chi connectivity index (χ2n) is 5.19. The van der Waals surface area contributed by atoms with Crippen LogP contribution in [0.5, 0.6) is 0 Å². The first kappa shape index (κ1) is 21.0. The molecule has 3 heteroatoms. The van der Waals surface area contributed by atoms with Gasteiger partial charge in [0.25, 0.3) is 0 Å². The molecule has 0 saturated heterocycles. The maximum absolute atomic E-state index is 10.3. The Kier molecular flexibility index (Phi) is 14.9. The highest BCUT2D eigenvalue weighted by molar-refractivity contribution is 5.66. The molecule has 0 aliphatic heterocycles. The van der Waals surface area contributed by atoms with Crippen molar-refractivity contribution >= 4 is 5.97 Å². The summed E-state index contributed by atoms with van der Waals surface area (Å²) in [6.45, 7) is 2.11. The number of allylic oxidation sites excluding steroid dienone is 9. The van der Waals surface area contributed by atoms with Gasteiger partial charge in [0.2, 0.25) is 0 Å². The lowest BCUT2D eigenvalue weighted by Gasteiger charge is -1.93. The van der Waals surface area contributed by atoms with Crippen LogP contribution in [-0.2, 0) is 4.79 Å². The molecule has 128 valence electrons. The molecular weight excluding hydrogens is 288 g/mol. The predicted octanol–water partition coefficient (Wildman–Crippen LogP) is 5.88. The molecule has 0 radical (unpaired) electrons. The summed E-state index contributed by atoms with van der Waals surface area (Å²) >= 11 is 0. The Labute approximate surface area is 140 Å². The van der Waals surface area contributed by atoms with Crippen LogP contribution in [0.4, 0.5) is 0 Å². The summed E-state index contributed by atoms with van der Waals surface area (Å²) < 4.78 is 0. The number of hydrogen-bond acceptors (Lipinski definition) is 2. The minimum Gasteiger partial charge on any atom is -0.512 e. The summed E-state index contributed by atoms with van der Waals surface area (Å²) in [5, 5.41) is 18.2. The third kappa shape index (κ3) is 17.9. The van der Waals surface area contributed by atoms with Gasteiger partial charge in [0.15, 0.2) is 0 Å². The second-order valence-corrected chi connectivity index (χ2v) is 5.19. The van der Waals surface area contributed by atoms with Crippen LogP contribution < -0.4 is 0 Å². The first-order valence-corrected chi connectivity index (χ1v) is 8.36. The van der Waals surface area contributed by atoms with E-state index in [2.05, 4.69) is 25.2 Å². The first-order chi connectivity index (χ1) is 11.2. The van der Waals surface area contributed by atoms with Gasteiger partial charge in [-0.25, -0.2) is 0 Å². The molecule has 0 unspecified atom stereocenters. The fourth-order valence-electron chi connectivity index (χ4n) is 1.79. The van der Waals surface area contributed by atoms with Gasteiger partial charge in [-0.2, -0.15) is 0 Å². The highest BCUT2D eigenvalue weighted by Gasteiger charge is 1.92. The van der Waals surface area contributed by atoms with E-state index in [0.717, 1.165) is 32.1 Å². The summed E-state index contributed by atoms with van der Waals surface area (Å²) in [6.07, 6.45) is 24.1. The molecule has 0 aliphatic rings. The fourth-order valence-corrected chi connectivity index (χ4v) is 1.79. The minimum atomic E-state index is -0.739. The van der Waals surface area contributed by atoms with Gasteiger partial charge in [-0.05, 0) is 44.6 Å². The Bertz CT molecular complexity index is 440. The number of aliphatic carboxylic acids is 1. The van der Waals surface area contributed by atoms with E-state index in [9.17, 15) is 9.90 Å². The molecule has 0 aliphatic carbocycles. The molecule has 0 aromatic rings. The van der Waals surface area contributed by atoms with Gasteiger partial charge in [0.1, 0.15) is 0 Å². The van der Waals surface area contributed by atoms with Crippen LogP contribution in [0.3, 0.4) is 0 Å². The van der Waals surface area contributed by atoms with Crippen molar-refractivity contribution in [3.63, 3.8) is 0 Å². The SMILES string of the molecule is CC/C=C\C/C=C\C/C(O)=C/C/C=C\C/C=C\CCCC(=O)O. The number of carboxylic acids is 1. The Balaban J connectivity index is 3.67. The maximum Gasteiger partial charge on any atom is 0.303 e. The van der Waals surface area contributed by atoms with E-state index in [1.54, 1.807) is 0 Å². The van der Waals surface area contributed by atoms with Crippen LogP contribution in [0.15, 0.2) is 60.4 Å². The van der Waals surface area contributed by atoms with E-state index in [4.69, 9.17) is 5.11 Å². The molecule has 0 aromatic carbocycles. The third-order valence-corrected chi connectivity index (χ3v) is 3.02. The molecular formula is C20H30O3. The highest BCUT2D eigenvalue weighted by Crippen LogP contribution is 2.02. The van der Waals surface area contributed by atoms with E-state index in [1.165, 1.54) is 0 Å². The number of unbranched alkanes of at least 4 members (excludes halogenated alkanes) is 1. The van der Waals surface area contributed by atoms with Crippen molar-refractivity contribution in [2.45, 2.75) is 58.3 Å². The predicted molar refractivity (Wildman–Crippen MR) is 97.5 cm³/mol. The Morgan fingerprint density at radius 1 is 0.826 bits per heavy atom. The number of aliphatic hydroxyl groups excluding tert-OH is 1. The topological polar surface area (TPSA) is 57.5 Å². The molecule has 0 fully saturated rings. The molecule has 0 spiro atoms. The summed E-state index contributed by atoms with van der Waals surface area (Å²) in [4.78, 5) is 10.3. The summed E-state index contributed by atoms with van der Waals surface area (Å²) in [6, 6.07) is 0.